The average Bonchev–Trinajstić information content (AvgIpc) is 3.59. The molecule has 1 heteroatoms. The van der Waals surface area contributed by atoms with Crippen LogP contribution in [0, 0.1) is 0 Å². The van der Waals surface area contributed by atoms with Crippen molar-refractivity contribution >= 4 is 38.6 Å². The third-order valence-electron chi connectivity index (χ3n) is 12.5. The molecule has 0 aromatic heterocycles. The Morgan fingerprint density at radius 2 is 0.831 bits per heavy atom. The highest BCUT2D eigenvalue weighted by Gasteiger charge is 2.42. The molecule has 1 nitrogen and oxygen atoms in total. The Morgan fingerprint density at radius 3 is 1.54 bits per heavy atom. The lowest BCUT2D eigenvalue weighted by atomic mass is 9.74. The molecule has 0 saturated carbocycles. The normalized spacial score (nSPS) is 14.3. The summed E-state index contributed by atoms with van der Waals surface area (Å²) in [7, 11) is 0. The molecule has 278 valence electrons. The van der Waals surface area contributed by atoms with E-state index in [2.05, 4.69) is 242 Å². The molecule has 0 amide bonds. The summed E-state index contributed by atoms with van der Waals surface area (Å²) < 4.78 is 0. The summed E-state index contributed by atoms with van der Waals surface area (Å²) in [5.74, 6) is 0. The molecule has 10 aromatic rings. The molecule has 0 N–H and O–H groups in total. The Morgan fingerprint density at radius 1 is 0.322 bits per heavy atom. The summed E-state index contributed by atoms with van der Waals surface area (Å²) in [4.78, 5) is 2.49. The largest absolute Gasteiger partial charge is 0.309 e. The second-order valence-corrected chi connectivity index (χ2v) is 15.7. The van der Waals surface area contributed by atoms with Crippen LogP contribution in [0.3, 0.4) is 0 Å². The number of hydrogen-bond donors (Lipinski definition) is 0. The zero-order valence-electron chi connectivity index (χ0n) is 32.9. The van der Waals surface area contributed by atoms with E-state index in [0.29, 0.717) is 0 Å². The molecular weight excluding hydrogens is 711 g/mol. The minimum absolute atomic E-state index is 0.309. The van der Waals surface area contributed by atoms with Crippen LogP contribution in [0.1, 0.15) is 23.6 Å². The minimum atomic E-state index is -0.309. The summed E-state index contributed by atoms with van der Waals surface area (Å²) in [6, 6.07) is 84.5. The van der Waals surface area contributed by atoms with Crippen LogP contribution in [-0.4, -0.2) is 0 Å². The van der Waals surface area contributed by atoms with Gasteiger partial charge in [-0.05, 0) is 109 Å². The molecule has 1 aliphatic rings. The first kappa shape index (κ1) is 34.7. The van der Waals surface area contributed by atoms with Gasteiger partial charge in [0, 0.05) is 22.2 Å². The molecule has 0 fully saturated rings. The molecule has 10 aromatic carbocycles. The van der Waals surface area contributed by atoms with Gasteiger partial charge in [-0.25, -0.2) is 0 Å². The molecule has 0 radical (unpaired) electrons. The van der Waals surface area contributed by atoms with Crippen LogP contribution in [0.5, 0.6) is 0 Å². The summed E-state index contributed by atoms with van der Waals surface area (Å²) in [5.41, 5.74) is 16.9. The summed E-state index contributed by atoms with van der Waals surface area (Å²) in [6.07, 6.45) is 0. The van der Waals surface area contributed by atoms with Crippen LogP contribution in [0.15, 0.2) is 231 Å². The van der Waals surface area contributed by atoms with E-state index in [1.807, 2.05) is 0 Å². The molecule has 1 unspecified atom stereocenters. The lowest BCUT2D eigenvalue weighted by Gasteiger charge is -2.31. The fraction of sp³-hybridized carbons (Fsp3) is 0.0345. The highest BCUT2D eigenvalue weighted by Crippen LogP contribution is 2.57. The van der Waals surface area contributed by atoms with Crippen molar-refractivity contribution in [3.8, 4) is 44.5 Å². The van der Waals surface area contributed by atoms with E-state index in [1.165, 1.54) is 82.7 Å². The van der Waals surface area contributed by atoms with Gasteiger partial charge in [0.05, 0.1) is 11.4 Å². The minimum Gasteiger partial charge on any atom is -0.309 e. The summed E-state index contributed by atoms with van der Waals surface area (Å²) in [6.45, 7) is 2.39. The zero-order valence-corrected chi connectivity index (χ0v) is 32.9. The van der Waals surface area contributed by atoms with Gasteiger partial charge in [0.2, 0.25) is 0 Å². The molecular formula is C58H41N. The lowest BCUT2D eigenvalue weighted by Crippen LogP contribution is -2.22. The van der Waals surface area contributed by atoms with Crippen molar-refractivity contribution in [2.75, 3.05) is 4.90 Å². The SMILES string of the molecule is CC1(c2ccccc2)c2ccccc2-c2c(N(c3ccccc3)c3ccccc3-c3ccc4c(c3)c(-c3ccccc3)c(-c3ccccc3)c3ccccc34)cccc21. The van der Waals surface area contributed by atoms with E-state index in [1.54, 1.807) is 0 Å². The molecule has 59 heavy (non-hydrogen) atoms. The first-order valence-electron chi connectivity index (χ1n) is 20.5. The van der Waals surface area contributed by atoms with E-state index in [-0.39, 0.29) is 5.41 Å². The van der Waals surface area contributed by atoms with Gasteiger partial charge < -0.3 is 4.90 Å². The fourth-order valence-electron chi connectivity index (χ4n) is 9.86. The maximum atomic E-state index is 2.49. The summed E-state index contributed by atoms with van der Waals surface area (Å²) >= 11 is 0. The predicted octanol–water partition coefficient (Wildman–Crippen LogP) is 15.8. The molecule has 0 aliphatic heterocycles. The van der Waals surface area contributed by atoms with Crippen LogP contribution < -0.4 is 4.90 Å². The van der Waals surface area contributed by atoms with E-state index in [9.17, 15) is 0 Å². The first-order chi connectivity index (χ1) is 29.2. The Balaban J connectivity index is 1.18. The van der Waals surface area contributed by atoms with Crippen molar-refractivity contribution in [3.63, 3.8) is 0 Å². The molecule has 0 saturated heterocycles. The number of para-hydroxylation sites is 2. The van der Waals surface area contributed by atoms with Crippen molar-refractivity contribution in [1.82, 2.24) is 0 Å². The molecule has 0 spiro atoms. The zero-order chi connectivity index (χ0) is 39.3. The molecule has 0 heterocycles. The van der Waals surface area contributed by atoms with Crippen LogP contribution in [-0.2, 0) is 5.41 Å². The molecule has 1 aliphatic carbocycles. The van der Waals surface area contributed by atoms with E-state index in [0.717, 1.165) is 17.1 Å². The number of rotatable bonds is 7. The van der Waals surface area contributed by atoms with Crippen LogP contribution in [0.4, 0.5) is 17.1 Å². The van der Waals surface area contributed by atoms with Gasteiger partial charge >= 0.3 is 0 Å². The maximum Gasteiger partial charge on any atom is 0.0543 e. The second-order valence-electron chi connectivity index (χ2n) is 15.7. The average molecular weight is 752 g/mol. The summed E-state index contributed by atoms with van der Waals surface area (Å²) in [5, 5.41) is 5.00. The van der Waals surface area contributed by atoms with Gasteiger partial charge in [-0.2, -0.15) is 0 Å². The number of hydrogen-bond acceptors (Lipinski definition) is 1. The number of anilines is 3. The highest BCUT2D eigenvalue weighted by atomic mass is 15.1. The first-order valence-corrected chi connectivity index (χ1v) is 20.5. The Hall–Kier alpha value is -7.48. The van der Waals surface area contributed by atoms with Crippen molar-refractivity contribution in [1.29, 1.82) is 0 Å². The fourth-order valence-corrected chi connectivity index (χ4v) is 9.86. The van der Waals surface area contributed by atoms with Crippen molar-refractivity contribution < 1.29 is 0 Å². The lowest BCUT2D eigenvalue weighted by molar-refractivity contribution is 0.714. The maximum absolute atomic E-state index is 2.49. The van der Waals surface area contributed by atoms with Gasteiger partial charge in [0.15, 0.2) is 0 Å². The topological polar surface area (TPSA) is 3.24 Å². The van der Waals surface area contributed by atoms with Crippen LogP contribution >= 0.6 is 0 Å². The number of nitrogens with zero attached hydrogens (tertiary/aromatic N) is 1. The number of benzene rings is 10. The van der Waals surface area contributed by atoms with Crippen molar-refractivity contribution in [2.45, 2.75) is 12.3 Å². The molecule has 0 bridgehead atoms. The Kier molecular flexibility index (Phi) is 8.34. The highest BCUT2D eigenvalue weighted by molar-refractivity contribution is 6.22. The van der Waals surface area contributed by atoms with Crippen LogP contribution in [0.25, 0.3) is 66.1 Å². The van der Waals surface area contributed by atoms with Gasteiger partial charge in [-0.3, -0.25) is 0 Å². The second kappa shape index (κ2) is 14.2. The van der Waals surface area contributed by atoms with E-state index < -0.39 is 0 Å². The van der Waals surface area contributed by atoms with Gasteiger partial charge in [-0.1, -0.05) is 200 Å². The van der Waals surface area contributed by atoms with Crippen molar-refractivity contribution in [3.05, 3.63) is 247 Å². The predicted molar refractivity (Wildman–Crippen MR) is 250 cm³/mol. The Labute approximate surface area is 346 Å². The Bertz CT molecular complexity index is 3150. The van der Waals surface area contributed by atoms with E-state index >= 15 is 0 Å². The number of fused-ring (bicyclic) bond motifs is 6. The van der Waals surface area contributed by atoms with E-state index in [4.69, 9.17) is 0 Å². The van der Waals surface area contributed by atoms with Gasteiger partial charge in [-0.15, -0.1) is 0 Å². The smallest absolute Gasteiger partial charge is 0.0543 e. The molecule has 11 rings (SSSR count). The molecule has 1 atom stereocenters. The van der Waals surface area contributed by atoms with Gasteiger partial charge in [0.1, 0.15) is 0 Å². The third-order valence-corrected chi connectivity index (χ3v) is 12.5. The van der Waals surface area contributed by atoms with Crippen molar-refractivity contribution in [2.24, 2.45) is 0 Å². The van der Waals surface area contributed by atoms with Crippen LogP contribution in [0.2, 0.25) is 0 Å². The quantitative estimate of drug-likeness (QED) is 0.147. The standard InChI is InChI=1S/C58H41N/c1-58(43-25-10-4-11-26-43)51-33-18-16-32-49(51)57-52(58)34-20-36-54(57)59(44-27-12-5-13-28-44)53-35-19-17-29-45(53)42-37-38-47-46-30-14-15-31-48(46)55(40-21-6-2-7-22-40)56(50(47)39-42)41-23-8-3-9-24-41/h2-39H,1H3. The third kappa shape index (κ3) is 5.54. The van der Waals surface area contributed by atoms with Gasteiger partial charge in [0.25, 0.3) is 0 Å². The monoisotopic (exact) mass is 751 g/mol.